The fourth-order valence-corrected chi connectivity index (χ4v) is 3.85. The number of benzene rings is 1. The Morgan fingerprint density at radius 1 is 1.29 bits per heavy atom. The molecule has 2 heteroatoms. The number of rotatable bonds is 5. The standard InChI is InChI=1S/C19H27NO/c1-3-11-20-19(15-8-6-7-14(2)12-15)17-13-21-18-10-5-4-9-16(17)18/h4-5,9-10,13-15,19-20H,3,6-8,11-12H2,1-2H3. The van der Waals surface area contributed by atoms with Crippen LogP contribution in [0.5, 0.6) is 0 Å². The predicted octanol–water partition coefficient (Wildman–Crippen LogP) is 5.30. The van der Waals surface area contributed by atoms with Gasteiger partial charge in [-0.15, -0.1) is 0 Å². The monoisotopic (exact) mass is 285 g/mol. The van der Waals surface area contributed by atoms with Gasteiger partial charge in [0.1, 0.15) is 5.58 Å². The first-order chi connectivity index (χ1) is 10.3. The van der Waals surface area contributed by atoms with E-state index in [-0.39, 0.29) is 0 Å². The first kappa shape index (κ1) is 14.6. The Hall–Kier alpha value is -1.28. The van der Waals surface area contributed by atoms with Crippen LogP contribution in [0.3, 0.4) is 0 Å². The van der Waals surface area contributed by atoms with Gasteiger partial charge in [0.25, 0.3) is 0 Å². The molecule has 0 saturated heterocycles. The highest BCUT2D eigenvalue weighted by Crippen LogP contribution is 2.39. The van der Waals surface area contributed by atoms with Gasteiger partial charge in [-0.05, 0) is 43.7 Å². The average molecular weight is 285 g/mol. The molecule has 21 heavy (non-hydrogen) atoms. The fraction of sp³-hybridized carbons (Fsp3) is 0.579. The van der Waals surface area contributed by atoms with Crippen molar-refractivity contribution in [3.8, 4) is 0 Å². The summed E-state index contributed by atoms with van der Waals surface area (Å²) >= 11 is 0. The van der Waals surface area contributed by atoms with Gasteiger partial charge in [-0.25, -0.2) is 0 Å². The molecular formula is C19H27NO. The minimum absolute atomic E-state index is 0.441. The lowest BCUT2D eigenvalue weighted by Gasteiger charge is -2.33. The van der Waals surface area contributed by atoms with Gasteiger partial charge in [0.05, 0.1) is 6.26 Å². The quantitative estimate of drug-likeness (QED) is 0.806. The van der Waals surface area contributed by atoms with Crippen LogP contribution in [0.15, 0.2) is 34.9 Å². The van der Waals surface area contributed by atoms with Gasteiger partial charge in [-0.1, -0.05) is 44.9 Å². The van der Waals surface area contributed by atoms with Gasteiger partial charge in [-0.2, -0.15) is 0 Å². The minimum atomic E-state index is 0.441. The summed E-state index contributed by atoms with van der Waals surface area (Å²) in [6.07, 6.45) is 8.59. The van der Waals surface area contributed by atoms with Gasteiger partial charge in [0.2, 0.25) is 0 Å². The number of nitrogens with one attached hydrogen (secondary N) is 1. The zero-order valence-corrected chi connectivity index (χ0v) is 13.3. The normalized spacial score (nSPS) is 24.3. The van der Waals surface area contributed by atoms with Crippen LogP contribution in [-0.4, -0.2) is 6.54 Å². The predicted molar refractivity (Wildman–Crippen MR) is 88.4 cm³/mol. The molecule has 3 atom stereocenters. The zero-order valence-electron chi connectivity index (χ0n) is 13.3. The van der Waals surface area contributed by atoms with Gasteiger partial charge in [0, 0.05) is 17.0 Å². The maximum Gasteiger partial charge on any atom is 0.134 e. The number of hydrogen-bond donors (Lipinski definition) is 1. The summed E-state index contributed by atoms with van der Waals surface area (Å²) in [4.78, 5) is 0. The number of para-hydroxylation sites is 1. The van der Waals surface area contributed by atoms with Crippen LogP contribution in [0.25, 0.3) is 11.0 Å². The van der Waals surface area contributed by atoms with Crippen LogP contribution < -0.4 is 5.32 Å². The van der Waals surface area contributed by atoms with Crippen LogP contribution in [0.2, 0.25) is 0 Å². The average Bonchev–Trinajstić information content (AvgIpc) is 2.92. The summed E-state index contributed by atoms with van der Waals surface area (Å²) in [6, 6.07) is 8.87. The van der Waals surface area contributed by atoms with Crippen LogP contribution in [0.4, 0.5) is 0 Å². The lowest BCUT2D eigenvalue weighted by atomic mass is 9.76. The first-order valence-corrected chi connectivity index (χ1v) is 8.49. The lowest BCUT2D eigenvalue weighted by molar-refractivity contribution is 0.224. The summed E-state index contributed by atoms with van der Waals surface area (Å²) in [5.41, 5.74) is 2.37. The highest BCUT2D eigenvalue weighted by Gasteiger charge is 2.29. The van der Waals surface area contributed by atoms with E-state index in [4.69, 9.17) is 4.42 Å². The molecular weight excluding hydrogens is 258 g/mol. The Morgan fingerprint density at radius 3 is 2.95 bits per heavy atom. The van der Waals surface area contributed by atoms with Crippen molar-refractivity contribution in [2.24, 2.45) is 11.8 Å². The van der Waals surface area contributed by atoms with Gasteiger partial charge < -0.3 is 9.73 Å². The van der Waals surface area contributed by atoms with Crippen molar-refractivity contribution in [2.45, 2.75) is 52.0 Å². The van der Waals surface area contributed by atoms with Crippen molar-refractivity contribution in [3.05, 3.63) is 36.1 Å². The van der Waals surface area contributed by atoms with Crippen LogP contribution in [0.1, 0.15) is 57.6 Å². The van der Waals surface area contributed by atoms with E-state index in [0.717, 1.165) is 24.0 Å². The Bertz CT molecular complexity index is 574. The smallest absolute Gasteiger partial charge is 0.134 e. The molecule has 3 unspecified atom stereocenters. The Morgan fingerprint density at radius 2 is 2.14 bits per heavy atom. The molecule has 114 valence electrons. The zero-order chi connectivity index (χ0) is 14.7. The maximum absolute atomic E-state index is 5.79. The second-order valence-corrected chi connectivity index (χ2v) is 6.65. The van der Waals surface area contributed by atoms with Crippen molar-refractivity contribution >= 4 is 11.0 Å². The number of furan rings is 1. The third-order valence-electron chi connectivity index (χ3n) is 4.91. The summed E-state index contributed by atoms with van der Waals surface area (Å²) in [5, 5.41) is 5.08. The van der Waals surface area contributed by atoms with Crippen molar-refractivity contribution in [1.29, 1.82) is 0 Å². The Kier molecular flexibility index (Phi) is 4.64. The van der Waals surface area contributed by atoms with Crippen LogP contribution >= 0.6 is 0 Å². The molecule has 1 heterocycles. The summed E-state index contributed by atoms with van der Waals surface area (Å²) < 4.78 is 5.79. The number of fused-ring (bicyclic) bond motifs is 1. The molecule has 1 aromatic heterocycles. The molecule has 0 spiro atoms. The molecule has 0 bridgehead atoms. The van der Waals surface area contributed by atoms with Gasteiger partial charge in [0.15, 0.2) is 0 Å². The highest BCUT2D eigenvalue weighted by molar-refractivity contribution is 5.81. The third-order valence-corrected chi connectivity index (χ3v) is 4.91. The topological polar surface area (TPSA) is 25.2 Å². The van der Waals surface area contributed by atoms with Crippen molar-refractivity contribution < 1.29 is 4.42 Å². The molecule has 2 nitrogen and oxygen atoms in total. The molecule has 1 fully saturated rings. The highest BCUT2D eigenvalue weighted by atomic mass is 16.3. The van der Waals surface area contributed by atoms with E-state index >= 15 is 0 Å². The van der Waals surface area contributed by atoms with E-state index < -0.39 is 0 Å². The third kappa shape index (κ3) is 3.16. The van der Waals surface area contributed by atoms with E-state index in [1.165, 1.54) is 43.1 Å². The molecule has 0 aliphatic heterocycles. The minimum Gasteiger partial charge on any atom is -0.464 e. The Labute approximate surface area is 127 Å². The second-order valence-electron chi connectivity index (χ2n) is 6.65. The summed E-state index contributed by atoms with van der Waals surface area (Å²) in [7, 11) is 0. The van der Waals surface area contributed by atoms with Crippen molar-refractivity contribution in [1.82, 2.24) is 5.32 Å². The molecule has 1 N–H and O–H groups in total. The van der Waals surface area contributed by atoms with Crippen molar-refractivity contribution in [2.75, 3.05) is 6.54 Å². The molecule has 3 rings (SSSR count). The van der Waals surface area contributed by atoms with E-state index in [0.29, 0.717) is 6.04 Å². The van der Waals surface area contributed by atoms with E-state index in [1.807, 2.05) is 12.3 Å². The van der Waals surface area contributed by atoms with E-state index in [9.17, 15) is 0 Å². The molecule has 1 aromatic carbocycles. The maximum atomic E-state index is 5.79. The lowest BCUT2D eigenvalue weighted by Crippen LogP contribution is -2.31. The Balaban J connectivity index is 1.90. The van der Waals surface area contributed by atoms with E-state index in [2.05, 4.69) is 37.4 Å². The van der Waals surface area contributed by atoms with E-state index in [1.54, 1.807) is 0 Å². The molecule has 1 aliphatic carbocycles. The SMILES string of the molecule is CCCNC(c1coc2ccccc12)C1CCCC(C)C1. The fourth-order valence-electron chi connectivity index (χ4n) is 3.85. The van der Waals surface area contributed by atoms with Gasteiger partial charge >= 0.3 is 0 Å². The molecule has 1 saturated carbocycles. The second kappa shape index (κ2) is 6.65. The van der Waals surface area contributed by atoms with Crippen LogP contribution in [-0.2, 0) is 0 Å². The van der Waals surface area contributed by atoms with Crippen LogP contribution in [0, 0.1) is 11.8 Å². The van der Waals surface area contributed by atoms with Crippen molar-refractivity contribution in [3.63, 3.8) is 0 Å². The first-order valence-electron chi connectivity index (χ1n) is 8.49. The van der Waals surface area contributed by atoms with Gasteiger partial charge in [-0.3, -0.25) is 0 Å². The summed E-state index contributed by atoms with van der Waals surface area (Å²) in [5.74, 6) is 1.59. The molecule has 2 aromatic rings. The molecule has 1 aliphatic rings. The largest absolute Gasteiger partial charge is 0.464 e. The molecule has 0 radical (unpaired) electrons. The number of hydrogen-bond acceptors (Lipinski definition) is 2. The molecule has 0 amide bonds. The summed E-state index contributed by atoms with van der Waals surface area (Å²) in [6.45, 7) is 5.71.